The van der Waals surface area contributed by atoms with Crippen LogP contribution in [0.2, 0.25) is 0 Å². The quantitative estimate of drug-likeness (QED) is 0.649. The van der Waals surface area contributed by atoms with E-state index < -0.39 is 10.0 Å². The number of rotatable bonds is 7. The van der Waals surface area contributed by atoms with Crippen molar-refractivity contribution in [2.45, 2.75) is 56.5 Å². The van der Waals surface area contributed by atoms with Gasteiger partial charge in [-0.1, -0.05) is 0 Å². The van der Waals surface area contributed by atoms with E-state index in [1.165, 1.54) is 6.92 Å². The van der Waals surface area contributed by atoms with Crippen molar-refractivity contribution in [1.29, 1.82) is 0 Å². The zero-order chi connectivity index (χ0) is 22.1. The SMILES string of the molecule is CC(=O)N1c2ccc(S(=O)(=O)NCCCN3CCCC3C(=O)N(C)C)cc2CC1C. The molecular formula is C21H32N4O4S. The second kappa shape index (κ2) is 9.03. The molecule has 2 atom stereocenters. The van der Waals surface area contributed by atoms with Gasteiger partial charge >= 0.3 is 0 Å². The Labute approximate surface area is 179 Å². The van der Waals surface area contributed by atoms with Gasteiger partial charge in [-0.05, 0) is 62.9 Å². The van der Waals surface area contributed by atoms with E-state index in [2.05, 4.69) is 9.62 Å². The van der Waals surface area contributed by atoms with Crippen molar-refractivity contribution in [3.63, 3.8) is 0 Å². The van der Waals surface area contributed by atoms with Crippen LogP contribution in [0.1, 0.15) is 38.7 Å². The predicted octanol–water partition coefficient (Wildman–Crippen LogP) is 1.21. The molecule has 2 unspecified atom stereocenters. The Bertz CT molecular complexity index is 916. The highest BCUT2D eigenvalue weighted by molar-refractivity contribution is 7.89. The molecule has 166 valence electrons. The van der Waals surface area contributed by atoms with Gasteiger partial charge in [0.15, 0.2) is 0 Å². The number of benzene rings is 1. The molecular weight excluding hydrogens is 404 g/mol. The molecule has 1 aromatic carbocycles. The average Bonchev–Trinajstić information content (AvgIpc) is 3.26. The first-order valence-electron chi connectivity index (χ1n) is 10.5. The first-order chi connectivity index (χ1) is 14.1. The van der Waals surface area contributed by atoms with E-state index in [4.69, 9.17) is 0 Å². The Morgan fingerprint density at radius 1 is 1.27 bits per heavy atom. The summed E-state index contributed by atoms with van der Waals surface area (Å²) in [6, 6.07) is 4.88. The third-order valence-electron chi connectivity index (χ3n) is 5.92. The number of likely N-dealkylation sites (N-methyl/N-ethyl adjacent to an activating group) is 1. The number of hydrogen-bond acceptors (Lipinski definition) is 5. The van der Waals surface area contributed by atoms with Crippen molar-refractivity contribution >= 4 is 27.5 Å². The fourth-order valence-electron chi connectivity index (χ4n) is 4.50. The number of anilines is 1. The molecule has 0 aliphatic carbocycles. The van der Waals surface area contributed by atoms with Gasteiger partial charge in [-0.3, -0.25) is 14.5 Å². The predicted molar refractivity (Wildman–Crippen MR) is 116 cm³/mol. The zero-order valence-electron chi connectivity index (χ0n) is 18.2. The highest BCUT2D eigenvalue weighted by Crippen LogP contribution is 2.33. The van der Waals surface area contributed by atoms with E-state index in [-0.39, 0.29) is 28.8 Å². The number of carbonyl (C=O) groups excluding carboxylic acids is 2. The third kappa shape index (κ3) is 4.68. The molecule has 2 aliphatic heterocycles. The average molecular weight is 437 g/mol. The summed E-state index contributed by atoms with van der Waals surface area (Å²) in [4.78, 5) is 29.8. The van der Waals surface area contributed by atoms with Gasteiger partial charge in [0.25, 0.3) is 0 Å². The zero-order valence-corrected chi connectivity index (χ0v) is 19.0. The van der Waals surface area contributed by atoms with Crippen molar-refractivity contribution in [1.82, 2.24) is 14.5 Å². The molecule has 0 radical (unpaired) electrons. The van der Waals surface area contributed by atoms with Crippen LogP contribution in [-0.2, 0) is 26.0 Å². The number of likely N-dealkylation sites (tertiary alicyclic amines) is 1. The molecule has 8 nitrogen and oxygen atoms in total. The lowest BCUT2D eigenvalue weighted by molar-refractivity contribution is -0.133. The lowest BCUT2D eigenvalue weighted by Crippen LogP contribution is -2.43. The van der Waals surface area contributed by atoms with Crippen molar-refractivity contribution in [2.75, 3.05) is 38.6 Å². The highest BCUT2D eigenvalue weighted by atomic mass is 32.2. The molecule has 2 aliphatic rings. The van der Waals surface area contributed by atoms with Crippen LogP contribution in [0.15, 0.2) is 23.1 Å². The summed E-state index contributed by atoms with van der Waals surface area (Å²) in [5.41, 5.74) is 1.67. The van der Waals surface area contributed by atoms with Crippen LogP contribution in [0.4, 0.5) is 5.69 Å². The normalized spacial score (nSPS) is 21.7. The van der Waals surface area contributed by atoms with Gasteiger partial charge in [-0.2, -0.15) is 0 Å². The fraction of sp³-hybridized carbons (Fsp3) is 0.619. The summed E-state index contributed by atoms with van der Waals surface area (Å²) >= 11 is 0. The van der Waals surface area contributed by atoms with Crippen LogP contribution in [0.25, 0.3) is 0 Å². The molecule has 1 aromatic rings. The van der Waals surface area contributed by atoms with Crippen LogP contribution in [0.3, 0.4) is 0 Å². The number of carbonyl (C=O) groups is 2. The minimum absolute atomic E-state index is 0.0293. The number of nitrogens with one attached hydrogen (secondary N) is 1. The molecule has 0 saturated carbocycles. The van der Waals surface area contributed by atoms with Crippen LogP contribution < -0.4 is 9.62 Å². The number of hydrogen-bond donors (Lipinski definition) is 1. The molecule has 1 saturated heterocycles. The monoisotopic (exact) mass is 436 g/mol. The van der Waals surface area contributed by atoms with Gasteiger partial charge in [-0.25, -0.2) is 13.1 Å². The van der Waals surface area contributed by atoms with E-state index in [0.717, 1.165) is 30.6 Å². The Morgan fingerprint density at radius 2 is 2.00 bits per heavy atom. The molecule has 0 bridgehead atoms. The Morgan fingerprint density at radius 3 is 2.67 bits per heavy atom. The van der Waals surface area contributed by atoms with E-state index in [1.54, 1.807) is 42.1 Å². The molecule has 2 amide bonds. The number of sulfonamides is 1. The molecule has 0 aromatic heterocycles. The maximum absolute atomic E-state index is 12.7. The van der Waals surface area contributed by atoms with Crippen molar-refractivity contribution in [3.05, 3.63) is 23.8 Å². The smallest absolute Gasteiger partial charge is 0.240 e. The minimum Gasteiger partial charge on any atom is -0.347 e. The van der Waals surface area contributed by atoms with E-state index >= 15 is 0 Å². The molecule has 0 spiro atoms. The lowest BCUT2D eigenvalue weighted by Gasteiger charge is -2.26. The number of amides is 2. The van der Waals surface area contributed by atoms with Crippen LogP contribution in [0, 0.1) is 0 Å². The molecule has 30 heavy (non-hydrogen) atoms. The van der Waals surface area contributed by atoms with Gasteiger partial charge in [0, 0.05) is 45.8 Å². The van der Waals surface area contributed by atoms with Gasteiger partial charge < -0.3 is 9.80 Å². The maximum atomic E-state index is 12.7. The fourth-order valence-corrected chi connectivity index (χ4v) is 5.62. The Balaban J connectivity index is 1.57. The van der Waals surface area contributed by atoms with Gasteiger partial charge in [0.2, 0.25) is 21.8 Å². The largest absolute Gasteiger partial charge is 0.347 e. The molecule has 1 N–H and O–H groups in total. The molecule has 3 rings (SSSR count). The van der Waals surface area contributed by atoms with E-state index in [0.29, 0.717) is 25.9 Å². The highest BCUT2D eigenvalue weighted by Gasteiger charge is 2.32. The second-order valence-corrected chi connectivity index (χ2v) is 10.2. The summed E-state index contributed by atoms with van der Waals surface area (Å²) in [5, 5.41) is 0. The minimum atomic E-state index is -3.62. The lowest BCUT2D eigenvalue weighted by atomic mass is 10.1. The van der Waals surface area contributed by atoms with E-state index in [9.17, 15) is 18.0 Å². The topological polar surface area (TPSA) is 90.0 Å². The first-order valence-corrected chi connectivity index (χ1v) is 12.0. The number of fused-ring (bicyclic) bond motifs is 1. The van der Waals surface area contributed by atoms with E-state index in [1.807, 2.05) is 6.92 Å². The molecule has 9 heteroatoms. The second-order valence-electron chi connectivity index (χ2n) is 8.41. The van der Waals surface area contributed by atoms with Crippen LogP contribution in [0.5, 0.6) is 0 Å². The van der Waals surface area contributed by atoms with Gasteiger partial charge in [-0.15, -0.1) is 0 Å². The molecule has 1 fully saturated rings. The van der Waals surface area contributed by atoms with Crippen molar-refractivity contribution in [2.24, 2.45) is 0 Å². The Kier molecular flexibility index (Phi) is 6.84. The number of nitrogens with zero attached hydrogens (tertiary/aromatic N) is 3. The van der Waals surface area contributed by atoms with Crippen LogP contribution >= 0.6 is 0 Å². The van der Waals surface area contributed by atoms with Gasteiger partial charge in [0.05, 0.1) is 10.9 Å². The third-order valence-corrected chi connectivity index (χ3v) is 7.38. The summed E-state index contributed by atoms with van der Waals surface area (Å²) < 4.78 is 28.1. The first kappa shape index (κ1) is 22.7. The van der Waals surface area contributed by atoms with Crippen molar-refractivity contribution < 1.29 is 18.0 Å². The van der Waals surface area contributed by atoms with Crippen LogP contribution in [-0.4, -0.2) is 75.8 Å². The standard InChI is InChI=1S/C21H32N4O4S/c1-15-13-17-14-18(8-9-19(17)25(15)16(2)26)30(28,29)22-10-6-12-24-11-5-7-20(24)21(27)23(3)4/h8-9,14-15,20,22H,5-7,10-13H2,1-4H3. The summed E-state index contributed by atoms with van der Waals surface area (Å²) in [7, 11) is -0.0956. The summed E-state index contributed by atoms with van der Waals surface area (Å²) in [6.07, 6.45) is 3.12. The van der Waals surface area contributed by atoms with Gasteiger partial charge in [0.1, 0.15) is 0 Å². The molecule has 2 heterocycles. The summed E-state index contributed by atoms with van der Waals surface area (Å²) in [6.45, 7) is 5.35. The Hall–Kier alpha value is -1.97. The summed E-state index contributed by atoms with van der Waals surface area (Å²) in [5.74, 6) is 0.0722. The maximum Gasteiger partial charge on any atom is 0.240 e. The van der Waals surface area contributed by atoms with Crippen molar-refractivity contribution in [3.8, 4) is 0 Å².